The van der Waals surface area contributed by atoms with Crippen molar-refractivity contribution in [1.29, 1.82) is 0 Å². The molecule has 1 saturated heterocycles. The van der Waals surface area contributed by atoms with Gasteiger partial charge in [0.1, 0.15) is 6.61 Å². The highest BCUT2D eigenvalue weighted by molar-refractivity contribution is 5.82. The van der Waals surface area contributed by atoms with E-state index in [1.807, 2.05) is 0 Å². The number of ether oxygens (including phenoxy) is 2. The van der Waals surface area contributed by atoms with Gasteiger partial charge < -0.3 is 9.47 Å². The Balaban J connectivity index is 1.90. The first-order chi connectivity index (χ1) is 6.76. The third-order valence-corrected chi connectivity index (χ3v) is 3.50. The van der Waals surface area contributed by atoms with Crippen molar-refractivity contribution in [3.05, 3.63) is 0 Å². The number of carbonyl (C=O) groups excluding carboxylic acids is 1. The van der Waals surface area contributed by atoms with Crippen molar-refractivity contribution in [2.45, 2.75) is 37.7 Å². The standard InChI is InChI=1S/C11H18O3/c1-13-8-10(12)9-3-6-14-11(7-9)4-2-5-11/h9H,2-8H2,1H3. The van der Waals surface area contributed by atoms with E-state index < -0.39 is 0 Å². The minimum atomic E-state index is 0.0757. The molecule has 2 rings (SSSR count). The van der Waals surface area contributed by atoms with Crippen molar-refractivity contribution >= 4 is 5.78 Å². The molecule has 80 valence electrons. The Morgan fingerprint density at radius 3 is 2.93 bits per heavy atom. The molecular formula is C11H18O3. The van der Waals surface area contributed by atoms with Crippen LogP contribution >= 0.6 is 0 Å². The van der Waals surface area contributed by atoms with Gasteiger partial charge >= 0.3 is 0 Å². The molecule has 3 heteroatoms. The van der Waals surface area contributed by atoms with Gasteiger partial charge in [0.15, 0.2) is 5.78 Å². The molecule has 0 radical (unpaired) electrons. The summed E-state index contributed by atoms with van der Waals surface area (Å²) >= 11 is 0. The molecule has 0 aromatic rings. The molecule has 2 fully saturated rings. The fourth-order valence-electron chi connectivity index (χ4n) is 2.48. The highest BCUT2D eigenvalue weighted by Crippen LogP contribution is 2.44. The second-order valence-corrected chi connectivity index (χ2v) is 4.47. The smallest absolute Gasteiger partial charge is 0.161 e. The zero-order chi connectivity index (χ0) is 10.0. The Hall–Kier alpha value is -0.410. The Morgan fingerprint density at radius 1 is 1.57 bits per heavy atom. The molecular weight excluding hydrogens is 180 g/mol. The van der Waals surface area contributed by atoms with Crippen molar-refractivity contribution in [2.24, 2.45) is 5.92 Å². The molecule has 0 amide bonds. The SMILES string of the molecule is COCC(=O)C1CCOC2(CCC2)C1. The lowest BCUT2D eigenvalue weighted by atomic mass is 9.71. The average Bonchev–Trinajstić information content (AvgIpc) is 2.16. The monoisotopic (exact) mass is 198 g/mol. The maximum atomic E-state index is 11.6. The van der Waals surface area contributed by atoms with Crippen molar-refractivity contribution in [3.63, 3.8) is 0 Å². The van der Waals surface area contributed by atoms with Gasteiger partial charge in [-0.1, -0.05) is 0 Å². The van der Waals surface area contributed by atoms with E-state index in [1.54, 1.807) is 7.11 Å². The molecule has 0 aromatic heterocycles. The van der Waals surface area contributed by atoms with Crippen LogP contribution in [0.5, 0.6) is 0 Å². The Bertz CT molecular complexity index is 221. The predicted molar refractivity (Wildman–Crippen MR) is 52.1 cm³/mol. The normalized spacial score (nSPS) is 29.9. The van der Waals surface area contributed by atoms with Gasteiger partial charge in [0, 0.05) is 19.6 Å². The topological polar surface area (TPSA) is 35.5 Å². The largest absolute Gasteiger partial charge is 0.377 e. The van der Waals surface area contributed by atoms with Crippen LogP contribution in [0.2, 0.25) is 0 Å². The van der Waals surface area contributed by atoms with E-state index in [0.29, 0.717) is 0 Å². The van der Waals surface area contributed by atoms with E-state index in [0.717, 1.165) is 32.3 Å². The molecule has 1 atom stereocenters. The fraction of sp³-hybridized carbons (Fsp3) is 0.909. The van der Waals surface area contributed by atoms with Crippen molar-refractivity contribution in [2.75, 3.05) is 20.3 Å². The average molecular weight is 198 g/mol. The van der Waals surface area contributed by atoms with Crippen LogP contribution < -0.4 is 0 Å². The number of ketones is 1. The van der Waals surface area contributed by atoms with Gasteiger partial charge in [-0.3, -0.25) is 4.79 Å². The summed E-state index contributed by atoms with van der Waals surface area (Å²) in [5.41, 5.74) is 0.0757. The minimum absolute atomic E-state index is 0.0757. The van der Waals surface area contributed by atoms with E-state index in [2.05, 4.69) is 0 Å². The lowest BCUT2D eigenvalue weighted by Crippen LogP contribution is -2.47. The van der Waals surface area contributed by atoms with Crippen LogP contribution in [0.4, 0.5) is 0 Å². The summed E-state index contributed by atoms with van der Waals surface area (Å²) in [4.78, 5) is 11.6. The van der Waals surface area contributed by atoms with E-state index >= 15 is 0 Å². The summed E-state index contributed by atoms with van der Waals surface area (Å²) in [6, 6.07) is 0. The maximum absolute atomic E-state index is 11.6. The summed E-state index contributed by atoms with van der Waals surface area (Å²) < 4.78 is 10.7. The summed E-state index contributed by atoms with van der Waals surface area (Å²) in [5.74, 6) is 0.436. The van der Waals surface area contributed by atoms with Crippen LogP contribution in [0.25, 0.3) is 0 Å². The number of hydrogen-bond donors (Lipinski definition) is 0. The van der Waals surface area contributed by atoms with E-state index in [9.17, 15) is 4.79 Å². The van der Waals surface area contributed by atoms with E-state index in [1.165, 1.54) is 6.42 Å². The van der Waals surface area contributed by atoms with Gasteiger partial charge in [-0.15, -0.1) is 0 Å². The Kier molecular flexibility index (Phi) is 2.88. The van der Waals surface area contributed by atoms with Crippen molar-refractivity contribution in [1.82, 2.24) is 0 Å². The van der Waals surface area contributed by atoms with Gasteiger partial charge in [-0.25, -0.2) is 0 Å². The first-order valence-electron chi connectivity index (χ1n) is 5.41. The summed E-state index contributed by atoms with van der Waals surface area (Å²) in [5, 5.41) is 0. The predicted octanol–water partition coefficient (Wildman–Crippen LogP) is 1.55. The molecule has 1 spiro atoms. The van der Waals surface area contributed by atoms with Gasteiger partial charge in [-0.05, 0) is 32.1 Å². The number of methoxy groups -OCH3 is 1. The molecule has 1 saturated carbocycles. The molecule has 14 heavy (non-hydrogen) atoms. The van der Waals surface area contributed by atoms with Gasteiger partial charge in [-0.2, -0.15) is 0 Å². The van der Waals surface area contributed by atoms with Crippen LogP contribution in [0.15, 0.2) is 0 Å². The fourth-order valence-corrected chi connectivity index (χ4v) is 2.48. The van der Waals surface area contributed by atoms with E-state index in [4.69, 9.17) is 9.47 Å². The highest BCUT2D eigenvalue weighted by Gasteiger charge is 2.43. The zero-order valence-corrected chi connectivity index (χ0v) is 8.75. The summed E-state index contributed by atoms with van der Waals surface area (Å²) in [6.45, 7) is 1.01. The third-order valence-electron chi connectivity index (χ3n) is 3.50. The lowest BCUT2D eigenvalue weighted by Gasteiger charge is -2.46. The lowest BCUT2D eigenvalue weighted by molar-refractivity contribution is -0.157. The Morgan fingerprint density at radius 2 is 2.36 bits per heavy atom. The molecule has 3 nitrogen and oxygen atoms in total. The number of carbonyl (C=O) groups is 1. The number of hydrogen-bond acceptors (Lipinski definition) is 3. The Labute approximate surface area is 84.8 Å². The van der Waals surface area contributed by atoms with Crippen molar-refractivity contribution in [3.8, 4) is 0 Å². The maximum Gasteiger partial charge on any atom is 0.161 e. The van der Waals surface area contributed by atoms with Crippen molar-refractivity contribution < 1.29 is 14.3 Å². The first kappa shape index (κ1) is 10.1. The second-order valence-electron chi connectivity index (χ2n) is 4.47. The molecule has 1 heterocycles. The number of Topliss-reactive ketones (excluding diaryl/α,β-unsaturated/α-hetero) is 1. The molecule has 1 aliphatic carbocycles. The molecule has 0 bridgehead atoms. The van der Waals surface area contributed by atoms with E-state index in [-0.39, 0.29) is 23.9 Å². The van der Waals surface area contributed by atoms with Crippen LogP contribution in [0, 0.1) is 5.92 Å². The summed E-state index contributed by atoms with van der Waals surface area (Å²) in [6.07, 6.45) is 5.35. The van der Waals surface area contributed by atoms with Crippen LogP contribution in [0.3, 0.4) is 0 Å². The van der Waals surface area contributed by atoms with Gasteiger partial charge in [0.05, 0.1) is 5.60 Å². The second kappa shape index (κ2) is 3.99. The van der Waals surface area contributed by atoms with Gasteiger partial charge in [0.2, 0.25) is 0 Å². The highest BCUT2D eigenvalue weighted by atomic mass is 16.5. The van der Waals surface area contributed by atoms with Crippen LogP contribution in [-0.4, -0.2) is 31.7 Å². The molecule has 1 unspecified atom stereocenters. The third kappa shape index (κ3) is 1.84. The quantitative estimate of drug-likeness (QED) is 0.690. The minimum Gasteiger partial charge on any atom is -0.377 e. The molecule has 1 aliphatic heterocycles. The van der Waals surface area contributed by atoms with Crippen LogP contribution in [-0.2, 0) is 14.3 Å². The van der Waals surface area contributed by atoms with Gasteiger partial charge in [0.25, 0.3) is 0 Å². The zero-order valence-electron chi connectivity index (χ0n) is 8.75. The molecule has 0 aromatic carbocycles. The molecule has 2 aliphatic rings. The molecule has 0 N–H and O–H groups in total. The summed E-state index contributed by atoms with van der Waals surface area (Å²) in [7, 11) is 1.58. The first-order valence-corrected chi connectivity index (χ1v) is 5.41. The van der Waals surface area contributed by atoms with Crippen LogP contribution in [0.1, 0.15) is 32.1 Å². The number of rotatable bonds is 3.